The molecular weight excluding hydrogens is 448 g/mol. The number of rotatable bonds is 7. The number of piperidine rings is 1. The Morgan fingerprint density at radius 3 is 2.43 bits per heavy atom. The minimum absolute atomic E-state index is 0.0382. The van der Waals surface area contributed by atoms with E-state index >= 15 is 0 Å². The Balaban J connectivity index is 1.32. The lowest BCUT2D eigenvalue weighted by atomic mass is 9.96. The zero-order chi connectivity index (χ0) is 24.8. The summed E-state index contributed by atoms with van der Waals surface area (Å²) in [6, 6.07) is 12.8. The van der Waals surface area contributed by atoms with Gasteiger partial charge in [-0.15, -0.1) is 0 Å². The molecule has 0 aliphatic carbocycles. The van der Waals surface area contributed by atoms with Crippen molar-refractivity contribution in [3.05, 3.63) is 60.0 Å². The van der Waals surface area contributed by atoms with Crippen molar-refractivity contribution in [1.29, 1.82) is 0 Å². The first-order valence-electron chi connectivity index (χ1n) is 11.4. The van der Waals surface area contributed by atoms with Crippen molar-refractivity contribution >= 4 is 23.6 Å². The highest BCUT2D eigenvalue weighted by Crippen LogP contribution is 2.30. The highest BCUT2D eigenvalue weighted by atomic mass is 16.5. The predicted octanol–water partition coefficient (Wildman–Crippen LogP) is 4.13. The summed E-state index contributed by atoms with van der Waals surface area (Å²) in [5.74, 6) is 2.29. The molecule has 0 bridgehead atoms. The summed E-state index contributed by atoms with van der Waals surface area (Å²) in [4.78, 5) is 30.2. The van der Waals surface area contributed by atoms with E-state index in [4.69, 9.17) is 14.0 Å². The van der Waals surface area contributed by atoms with Crippen LogP contribution in [0.2, 0.25) is 0 Å². The molecule has 1 fully saturated rings. The number of methoxy groups -OCH3 is 2. The molecule has 0 atom stereocenters. The lowest BCUT2D eigenvalue weighted by Gasteiger charge is -2.29. The average molecular weight is 477 g/mol. The number of hydrogen-bond acceptors (Lipinski definition) is 7. The fourth-order valence-electron chi connectivity index (χ4n) is 4.00. The van der Waals surface area contributed by atoms with E-state index in [0.717, 1.165) is 24.0 Å². The molecule has 2 amide bonds. The van der Waals surface area contributed by atoms with Gasteiger partial charge in [-0.25, -0.2) is 0 Å². The van der Waals surface area contributed by atoms with E-state index in [1.165, 1.54) is 6.92 Å². The minimum Gasteiger partial charge on any atom is -0.493 e. The smallest absolute Gasteiger partial charge is 0.246 e. The van der Waals surface area contributed by atoms with Gasteiger partial charge in [-0.05, 0) is 60.9 Å². The Bertz CT molecular complexity index is 1210. The van der Waals surface area contributed by atoms with Crippen LogP contribution in [-0.4, -0.2) is 54.2 Å². The molecule has 1 N–H and O–H groups in total. The fourth-order valence-corrected chi connectivity index (χ4v) is 4.00. The summed E-state index contributed by atoms with van der Waals surface area (Å²) in [7, 11) is 3.17. The van der Waals surface area contributed by atoms with Gasteiger partial charge in [0, 0.05) is 43.3 Å². The Labute approximate surface area is 203 Å². The van der Waals surface area contributed by atoms with Crippen molar-refractivity contribution in [3.8, 4) is 22.9 Å². The van der Waals surface area contributed by atoms with E-state index in [0.29, 0.717) is 42.0 Å². The standard InChI is InChI=1S/C26H28N4O5/c1-17(31)27-21-8-6-19(7-9-21)25-28-26(35-29-25)20-12-14-30(15-13-20)24(32)11-5-18-4-10-22(33-2)23(16-18)34-3/h4-11,16,20H,12-15H2,1-3H3,(H,27,31). The first-order chi connectivity index (χ1) is 17.0. The molecule has 9 nitrogen and oxygen atoms in total. The molecule has 2 heterocycles. The van der Waals surface area contributed by atoms with Crippen molar-refractivity contribution in [3.63, 3.8) is 0 Å². The third-order valence-corrected chi connectivity index (χ3v) is 5.89. The maximum Gasteiger partial charge on any atom is 0.246 e. The maximum absolute atomic E-state index is 12.7. The van der Waals surface area contributed by atoms with Gasteiger partial charge in [0.15, 0.2) is 11.5 Å². The normalized spacial score (nSPS) is 14.2. The first kappa shape index (κ1) is 24.0. The van der Waals surface area contributed by atoms with E-state index in [2.05, 4.69) is 15.5 Å². The third-order valence-electron chi connectivity index (χ3n) is 5.89. The van der Waals surface area contributed by atoms with Crippen molar-refractivity contribution in [2.45, 2.75) is 25.7 Å². The SMILES string of the molecule is COc1ccc(C=CC(=O)N2CCC(c3nc(-c4ccc(NC(C)=O)cc4)no3)CC2)cc1OC. The summed E-state index contributed by atoms with van der Waals surface area (Å²) in [6.07, 6.45) is 4.85. The van der Waals surface area contributed by atoms with Crippen LogP contribution in [0.25, 0.3) is 17.5 Å². The van der Waals surface area contributed by atoms with Crippen LogP contribution in [0.4, 0.5) is 5.69 Å². The van der Waals surface area contributed by atoms with Crippen LogP contribution in [0.1, 0.15) is 37.1 Å². The number of carbonyl (C=O) groups is 2. The van der Waals surface area contributed by atoms with E-state index in [1.54, 1.807) is 38.5 Å². The van der Waals surface area contributed by atoms with Crippen LogP contribution in [0, 0.1) is 0 Å². The number of nitrogens with zero attached hydrogens (tertiary/aromatic N) is 3. The van der Waals surface area contributed by atoms with Crippen LogP contribution in [0.5, 0.6) is 11.5 Å². The van der Waals surface area contributed by atoms with Gasteiger partial charge in [0.1, 0.15) is 0 Å². The van der Waals surface area contributed by atoms with Crippen LogP contribution >= 0.6 is 0 Å². The Kier molecular flexibility index (Phi) is 7.45. The minimum atomic E-state index is -0.124. The van der Waals surface area contributed by atoms with Gasteiger partial charge in [0.2, 0.25) is 23.5 Å². The maximum atomic E-state index is 12.7. The third kappa shape index (κ3) is 5.87. The molecule has 1 aliphatic rings. The van der Waals surface area contributed by atoms with Gasteiger partial charge in [0.05, 0.1) is 14.2 Å². The molecular formula is C26H28N4O5. The molecule has 0 unspecified atom stereocenters. The number of nitrogens with one attached hydrogen (secondary N) is 1. The molecule has 4 rings (SSSR count). The van der Waals surface area contributed by atoms with E-state index in [-0.39, 0.29) is 17.7 Å². The molecule has 0 saturated carbocycles. The summed E-state index contributed by atoms with van der Waals surface area (Å²) in [5, 5.41) is 6.84. The van der Waals surface area contributed by atoms with Crippen LogP contribution in [0.15, 0.2) is 53.1 Å². The quantitative estimate of drug-likeness (QED) is 0.511. The first-order valence-corrected chi connectivity index (χ1v) is 11.4. The second kappa shape index (κ2) is 10.9. The van der Waals surface area contributed by atoms with Gasteiger partial charge < -0.3 is 24.2 Å². The second-order valence-corrected chi connectivity index (χ2v) is 8.26. The van der Waals surface area contributed by atoms with Crippen LogP contribution in [-0.2, 0) is 9.59 Å². The number of carbonyl (C=O) groups excluding carboxylic acids is 2. The summed E-state index contributed by atoms with van der Waals surface area (Å²) >= 11 is 0. The average Bonchev–Trinajstić information content (AvgIpc) is 3.37. The summed E-state index contributed by atoms with van der Waals surface area (Å²) in [6.45, 7) is 2.69. The van der Waals surface area contributed by atoms with E-state index in [1.807, 2.05) is 35.2 Å². The molecule has 0 radical (unpaired) electrons. The molecule has 0 spiro atoms. The zero-order valence-corrected chi connectivity index (χ0v) is 20.0. The zero-order valence-electron chi connectivity index (χ0n) is 20.0. The number of likely N-dealkylation sites (tertiary alicyclic amines) is 1. The highest BCUT2D eigenvalue weighted by molar-refractivity contribution is 5.92. The van der Waals surface area contributed by atoms with Gasteiger partial charge >= 0.3 is 0 Å². The Morgan fingerprint density at radius 2 is 1.77 bits per heavy atom. The van der Waals surface area contributed by atoms with Gasteiger partial charge in [-0.2, -0.15) is 4.98 Å². The monoisotopic (exact) mass is 476 g/mol. The Morgan fingerprint density at radius 1 is 1.06 bits per heavy atom. The molecule has 2 aromatic carbocycles. The van der Waals surface area contributed by atoms with Gasteiger partial charge in [-0.3, -0.25) is 9.59 Å². The lowest BCUT2D eigenvalue weighted by molar-refractivity contribution is -0.127. The number of aromatic nitrogens is 2. The number of ether oxygens (including phenoxy) is 2. The topological polar surface area (TPSA) is 107 Å². The van der Waals surface area contributed by atoms with Crippen LogP contribution in [0.3, 0.4) is 0 Å². The highest BCUT2D eigenvalue weighted by Gasteiger charge is 2.27. The largest absolute Gasteiger partial charge is 0.493 e. The number of hydrogen-bond donors (Lipinski definition) is 1. The predicted molar refractivity (Wildman–Crippen MR) is 131 cm³/mol. The molecule has 1 aromatic heterocycles. The molecule has 35 heavy (non-hydrogen) atoms. The molecule has 9 heteroatoms. The number of anilines is 1. The second-order valence-electron chi connectivity index (χ2n) is 8.26. The fraction of sp³-hybridized carbons (Fsp3) is 0.308. The number of benzene rings is 2. The number of amides is 2. The summed E-state index contributed by atoms with van der Waals surface area (Å²) < 4.78 is 16.1. The van der Waals surface area contributed by atoms with Crippen LogP contribution < -0.4 is 14.8 Å². The van der Waals surface area contributed by atoms with Crippen molar-refractivity contribution in [1.82, 2.24) is 15.0 Å². The van der Waals surface area contributed by atoms with Crippen molar-refractivity contribution < 1.29 is 23.6 Å². The molecule has 1 aliphatic heterocycles. The molecule has 3 aromatic rings. The molecule has 182 valence electrons. The van der Waals surface area contributed by atoms with E-state index < -0.39 is 0 Å². The van der Waals surface area contributed by atoms with Gasteiger partial charge in [-0.1, -0.05) is 11.2 Å². The van der Waals surface area contributed by atoms with Crippen molar-refractivity contribution in [2.75, 3.05) is 32.6 Å². The summed E-state index contributed by atoms with van der Waals surface area (Å²) in [5.41, 5.74) is 2.37. The molecule has 1 saturated heterocycles. The van der Waals surface area contributed by atoms with Gasteiger partial charge in [0.25, 0.3) is 0 Å². The lowest BCUT2D eigenvalue weighted by Crippen LogP contribution is -2.36. The van der Waals surface area contributed by atoms with E-state index in [9.17, 15) is 9.59 Å². The Hall–Kier alpha value is -4.14. The van der Waals surface area contributed by atoms with Crippen molar-refractivity contribution in [2.24, 2.45) is 0 Å².